The molecule has 196 valence electrons. The van der Waals surface area contributed by atoms with Crippen LogP contribution >= 0.6 is 0 Å². The van der Waals surface area contributed by atoms with Crippen LogP contribution < -0.4 is 0 Å². The van der Waals surface area contributed by atoms with E-state index >= 15 is 4.39 Å². The van der Waals surface area contributed by atoms with Crippen molar-refractivity contribution in [3.05, 3.63) is 11.6 Å². The van der Waals surface area contributed by atoms with E-state index in [0.29, 0.717) is 30.1 Å². The van der Waals surface area contributed by atoms with Gasteiger partial charge in [-0.25, -0.2) is 4.39 Å². The second-order valence-electron chi connectivity index (χ2n) is 13.0. The minimum Gasteiger partial charge on any atom is -0.393 e. The topological polar surface area (TPSA) is 63.6 Å². The summed E-state index contributed by atoms with van der Waals surface area (Å²) < 4.78 is 43.1. The van der Waals surface area contributed by atoms with Gasteiger partial charge in [0, 0.05) is 0 Å². The highest BCUT2D eigenvalue weighted by atomic mass is 32.2. The van der Waals surface area contributed by atoms with Gasteiger partial charge in [0.05, 0.1) is 19.0 Å². The molecule has 1 N–H and O–H groups in total. The first kappa shape index (κ1) is 26.6. The second-order valence-corrected chi connectivity index (χ2v) is 14.6. The summed E-state index contributed by atoms with van der Waals surface area (Å²) in [6.07, 6.45) is 12.4. The molecule has 34 heavy (non-hydrogen) atoms. The zero-order valence-corrected chi connectivity index (χ0v) is 22.7. The molecule has 0 unspecified atom stereocenters. The number of allylic oxidation sites excluding steroid dienone is 1. The number of aliphatic hydroxyl groups is 1. The molecule has 3 fully saturated rings. The van der Waals surface area contributed by atoms with E-state index in [0.717, 1.165) is 57.6 Å². The van der Waals surface area contributed by atoms with Crippen molar-refractivity contribution in [1.82, 2.24) is 0 Å². The van der Waals surface area contributed by atoms with Gasteiger partial charge in [0.2, 0.25) is 0 Å². The van der Waals surface area contributed by atoms with Crippen molar-refractivity contribution < 1.29 is 22.1 Å². The minimum atomic E-state index is -3.39. The fraction of sp³-hybridized carbons (Fsp3) is 0.929. The maximum atomic E-state index is 15.7. The first-order chi connectivity index (χ1) is 15.8. The van der Waals surface area contributed by atoms with E-state index in [2.05, 4.69) is 26.8 Å². The highest BCUT2D eigenvalue weighted by molar-refractivity contribution is 7.85. The van der Waals surface area contributed by atoms with Crippen LogP contribution in [0.5, 0.6) is 0 Å². The Morgan fingerprint density at radius 2 is 1.91 bits per heavy atom. The number of halogens is 1. The number of aliphatic hydroxyl groups excluding tert-OH is 1. The summed E-state index contributed by atoms with van der Waals surface area (Å²) in [5, 5.41) is 10.2. The third-order valence-electron chi connectivity index (χ3n) is 10.7. The molecule has 0 heterocycles. The summed E-state index contributed by atoms with van der Waals surface area (Å²) >= 11 is 0. The monoisotopic (exact) mass is 498 g/mol. The molecule has 6 heteroatoms. The van der Waals surface area contributed by atoms with Crippen molar-refractivity contribution in [2.24, 2.45) is 46.3 Å². The molecule has 0 aromatic rings. The number of fused-ring (bicyclic) bond motifs is 5. The highest BCUT2D eigenvalue weighted by Crippen LogP contribution is 2.67. The van der Waals surface area contributed by atoms with Crippen molar-refractivity contribution in [2.45, 2.75) is 104 Å². The van der Waals surface area contributed by atoms with Crippen LogP contribution in [0.25, 0.3) is 0 Å². The van der Waals surface area contributed by atoms with E-state index in [1.54, 1.807) is 0 Å². The molecule has 10 atom stereocenters. The number of hydrogen-bond acceptors (Lipinski definition) is 4. The molecule has 4 rings (SSSR count). The lowest BCUT2D eigenvalue weighted by molar-refractivity contribution is -0.0595. The quantitative estimate of drug-likeness (QED) is 0.315. The number of alkyl halides is 1. The minimum absolute atomic E-state index is 0.0703. The molecule has 4 nitrogen and oxygen atoms in total. The lowest BCUT2D eigenvalue weighted by Gasteiger charge is -2.58. The van der Waals surface area contributed by atoms with Gasteiger partial charge in [-0.05, 0) is 97.7 Å². The maximum Gasteiger partial charge on any atom is 0.264 e. The predicted molar refractivity (Wildman–Crippen MR) is 134 cm³/mol. The second kappa shape index (κ2) is 9.78. The molecular formula is C28H47FO4S. The van der Waals surface area contributed by atoms with Gasteiger partial charge in [-0.3, -0.25) is 4.18 Å². The SMILES string of the molecule is C[C@H](CCC[C@@H](C)[C@H]1[C@H](F)C[C@H]2[C@@H]3CC=C4C[C@@H](O)CC[C@]4(C)[C@H]3CC[C@]12C)COS(C)(=O)=O. The summed E-state index contributed by atoms with van der Waals surface area (Å²) in [5.74, 6) is 2.30. The molecule has 0 aliphatic heterocycles. The highest BCUT2D eigenvalue weighted by Gasteiger charge is 2.62. The normalized spacial score (nSPS) is 43.9. The van der Waals surface area contributed by atoms with Gasteiger partial charge in [-0.1, -0.05) is 52.2 Å². The van der Waals surface area contributed by atoms with Gasteiger partial charge < -0.3 is 5.11 Å². The predicted octanol–water partition coefficient (Wildman–Crippen LogP) is 6.29. The fourth-order valence-electron chi connectivity index (χ4n) is 8.95. The molecule has 0 aromatic heterocycles. The van der Waals surface area contributed by atoms with Crippen LogP contribution in [-0.2, 0) is 14.3 Å². The maximum absolute atomic E-state index is 15.7. The molecule has 0 saturated heterocycles. The van der Waals surface area contributed by atoms with E-state index in [-0.39, 0.29) is 35.4 Å². The first-order valence-corrected chi connectivity index (χ1v) is 15.5. The summed E-state index contributed by atoms with van der Waals surface area (Å²) in [6.45, 7) is 9.33. The largest absolute Gasteiger partial charge is 0.393 e. The zero-order valence-electron chi connectivity index (χ0n) is 21.9. The Kier molecular flexibility index (Phi) is 7.65. The van der Waals surface area contributed by atoms with E-state index in [1.807, 2.05) is 6.92 Å². The Labute approximate surface area is 207 Å². The Balaban J connectivity index is 1.40. The van der Waals surface area contributed by atoms with Gasteiger partial charge >= 0.3 is 0 Å². The Morgan fingerprint density at radius 3 is 2.62 bits per heavy atom. The van der Waals surface area contributed by atoms with Crippen LogP contribution in [0.2, 0.25) is 0 Å². The van der Waals surface area contributed by atoms with Crippen molar-refractivity contribution in [1.29, 1.82) is 0 Å². The van der Waals surface area contributed by atoms with Crippen molar-refractivity contribution in [3.63, 3.8) is 0 Å². The van der Waals surface area contributed by atoms with Gasteiger partial charge in [-0.15, -0.1) is 0 Å². The Hall–Kier alpha value is -0.460. The summed E-state index contributed by atoms with van der Waals surface area (Å²) in [6, 6.07) is 0. The molecular weight excluding hydrogens is 451 g/mol. The average Bonchev–Trinajstić information content (AvgIpc) is 3.02. The van der Waals surface area contributed by atoms with Crippen molar-refractivity contribution >= 4 is 10.1 Å². The van der Waals surface area contributed by atoms with Crippen LogP contribution in [0, 0.1) is 46.3 Å². The first-order valence-electron chi connectivity index (χ1n) is 13.7. The third kappa shape index (κ3) is 5.02. The molecule has 0 radical (unpaired) electrons. The Morgan fingerprint density at radius 1 is 1.18 bits per heavy atom. The summed E-state index contributed by atoms with van der Waals surface area (Å²) in [4.78, 5) is 0. The van der Waals surface area contributed by atoms with Crippen molar-refractivity contribution in [3.8, 4) is 0 Å². The van der Waals surface area contributed by atoms with Gasteiger partial charge in [-0.2, -0.15) is 8.42 Å². The lowest BCUT2D eigenvalue weighted by Crippen LogP contribution is -2.51. The van der Waals surface area contributed by atoms with Gasteiger partial charge in [0.1, 0.15) is 6.17 Å². The van der Waals surface area contributed by atoms with Crippen LogP contribution in [0.15, 0.2) is 11.6 Å². The Bertz CT molecular complexity index is 872. The van der Waals surface area contributed by atoms with E-state index in [9.17, 15) is 13.5 Å². The van der Waals surface area contributed by atoms with Crippen LogP contribution in [0.1, 0.15) is 91.9 Å². The molecule has 0 spiro atoms. The van der Waals surface area contributed by atoms with Gasteiger partial charge in [0.25, 0.3) is 10.1 Å². The third-order valence-corrected chi connectivity index (χ3v) is 11.2. The van der Waals surface area contributed by atoms with Crippen LogP contribution in [0.4, 0.5) is 4.39 Å². The zero-order chi connectivity index (χ0) is 24.9. The van der Waals surface area contributed by atoms with E-state index in [4.69, 9.17) is 4.18 Å². The van der Waals surface area contributed by atoms with Gasteiger partial charge in [0.15, 0.2) is 0 Å². The average molecular weight is 499 g/mol. The molecule has 0 aromatic carbocycles. The van der Waals surface area contributed by atoms with Crippen molar-refractivity contribution in [2.75, 3.05) is 12.9 Å². The fourth-order valence-corrected chi connectivity index (χ4v) is 9.43. The standard InChI is InChI=1S/C28H47FO4S/c1-18(17-33-34(5,31)32)7-6-8-19(2)26-25(29)16-24-22-10-9-20-15-21(30)11-13-27(20,3)23(22)12-14-28(24,26)4/h9,18-19,21-26,30H,6-8,10-17H2,1-5H3/t18-,19-,21+,22-,23+,24+,25-,26+,27+,28+/m1/s1. The lowest BCUT2D eigenvalue weighted by atomic mass is 9.47. The summed E-state index contributed by atoms with van der Waals surface area (Å²) in [5.41, 5.74) is 1.74. The van der Waals surface area contributed by atoms with Crippen LogP contribution in [0.3, 0.4) is 0 Å². The molecule has 4 aliphatic carbocycles. The smallest absolute Gasteiger partial charge is 0.264 e. The molecule has 0 bridgehead atoms. The number of hydrogen-bond donors (Lipinski definition) is 1. The van der Waals surface area contributed by atoms with E-state index < -0.39 is 16.3 Å². The van der Waals surface area contributed by atoms with Crippen LogP contribution in [-0.4, -0.2) is 38.7 Å². The molecule has 0 amide bonds. The molecule has 4 aliphatic rings. The summed E-state index contributed by atoms with van der Waals surface area (Å²) in [7, 11) is -3.39. The molecule has 3 saturated carbocycles. The van der Waals surface area contributed by atoms with E-state index in [1.165, 1.54) is 12.0 Å². The number of rotatable bonds is 8.